The van der Waals surface area contributed by atoms with Crippen LogP contribution in [0.3, 0.4) is 0 Å². The van der Waals surface area contributed by atoms with Crippen LogP contribution < -0.4 is 11.4 Å². The number of hydrogen-bond acceptors (Lipinski definition) is 4. The van der Waals surface area contributed by atoms with Crippen molar-refractivity contribution in [1.82, 2.24) is 14.8 Å². The first-order valence-corrected chi connectivity index (χ1v) is 7.11. The van der Waals surface area contributed by atoms with E-state index < -0.39 is 0 Å². The van der Waals surface area contributed by atoms with Crippen molar-refractivity contribution in [2.75, 3.05) is 0 Å². The molecule has 0 saturated carbocycles. The van der Waals surface area contributed by atoms with Gasteiger partial charge in [0.2, 0.25) is 0 Å². The van der Waals surface area contributed by atoms with Gasteiger partial charge in [-0.25, -0.2) is 9.89 Å². The summed E-state index contributed by atoms with van der Waals surface area (Å²) in [7, 11) is 0. The zero-order valence-electron chi connectivity index (χ0n) is 10.1. The van der Waals surface area contributed by atoms with Gasteiger partial charge in [-0.2, -0.15) is 0 Å². The molecule has 0 aliphatic rings. The highest BCUT2D eigenvalue weighted by Crippen LogP contribution is 2.32. The average Bonchev–Trinajstić information content (AvgIpc) is 2.72. The molecule has 0 aliphatic heterocycles. The third kappa shape index (κ3) is 2.90. The van der Waals surface area contributed by atoms with Gasteiger partial charge in [-0.1, -0.05) is 6.07 Å². The second-order valence-corrected chi connectivity index (χ2v) is 5.58. The zero-order chi connectivity index (χ0) is 14.0. The number of nitrogens with two attached hydrogens (primary N) is 1. The summed E-state index contributed by atoms with van der Waals surface area (Å²) in [4.78, 5) is 12.4. The molecule has 0 unspecified atom stereocenters. The summed E-state index contributed by atoms with van der Waals surface area (Å²) in [6.45, 7) is 2.44. The molecule has 19 heavy (non-hydrogen) atoms. The van der Waals surface area contributed by atoms with Gasteiger partial charge in [0.1, 0.15) is 5.84 Å². The first-order chi connectivity index (χ1) is 9.02. The molecule has 0 aliphatic carbocycles. The fourth-order valence-corrected chi connectivity index (χ4v) is 3.03. The minimum absolute atomic E-state index is 0.0162. The lowest BCUT2D eigenvalue weighted by Crippen LogP contribution is -2.16. The van der Waals surface area contributed by atoms with E-state index in [1.165, 1.54) is 11.8 Å². The van der Waals surface area contributed by atoms with Crippen molar-refractivity contribution in [1.29, 1.82) is 5.41 Å². The predicted octanol–water partition coefficient (Wildman–Crippen LogP) is 1.79. The predicted molar refractivity (Wildman–Crippen MR) is 77.8 cm³/mol. The van der Waals surface area contributed by atoms with E-state index in [1.807, 2.05) is 13.0 Å². The SMILES string of the molecule is CCn1c(Sc2ccc(C(=N)N)cc2Br)n[nH]c1=O. The van der Waals surface area contributed by atoms with Gasteiger partial charge in [-0.3, -0.25) is 9.98 Å². The first kappa shape index (κ1) is 13.9. The quantitative estimate of drug-likeness (QED) is 0.582. The first-order valence-electron chi connectivity index (χ1n) is 5.50. The van der Waals surface area contributed by atoms with Crippen molar-refractivity contribution in [3.05, 3.63) is 38.7 Å². The smallest absolute Gasteiger partial charge is 0.343 e. The monoisotopic (exact) mass is 341 g/mol. The van der Waals surface area contributed by atoms with E-state index >= 15 is 0 Å². The van der Waals surface area contributed by atoms with Gasteiger partial charge >= 0.3 is 5.69 Å². The largest absolute Gasteiger partial charge is 0.384 e. The summed E-state index contributed by atoms with van der Waals surface area (Å²) in [5, 5.41) is 14.4. The molecule has 100 valence electrons. The molecule has 8 heteroatoms. The molecule has 1 aromatic heterocycles. The molecular formula is C11H12BrN5OS. The average molecular weight is 342 g/mol. The number of halogens is 1. The number of aromatic nitrogens is 3. The number of nitrogen functional groups attached to an aromatic ring is 1. The number of amidine groups is 1. The second-order valence-electron chi connectivity index (χ2n) is 3.72. The van der Waals surface area contributed by atoms with Crippen LogP contribution >= 0.6 is 27.7 Å². The Bertz CT molecular complexity index is 678. The number of rotatable bonds is 4. The van der Waals surface area contributed by atoms with Crippen molar-refractivity contribution >= 4 is 33.5 Å². The maximum Gasteiger partial charge on any atom is 0.343 e. The van der Waals surface area contributed by atoms with Crippen molar-refractivity contribution in [3.63, 3.8) is 0 Å². The normalized spacial score (nSPS) is 10.6. The number of benzene rings is 1. The molecule has 0 saturated heterocycles. The summed E-state index contributed by atoms with van der Waals surface area (Å²) in [5.41, 5.74) is 5.85. The van der Waals surface area contributed by atoms with Gasteiger partial charge < -0.3 is 5.73 Å². The number of hydrogen-bond donors (Lipinski definition) is 3. The van der Waals surface area contributed by atoms with Crippen LogP contribution in [0.5, 0.6) is 0 Å². The highest BCUT2D eigenvalue weighted by Gasteiger charge is 2.11. The Kier molecular flexibility index (Phi) is 4.11. The van der Waals surface area contributed by atoms with Gasteiger partial charge in [-0.05, 0) is 46.7 Å². The lowest BCUT2D eigenvalue weighted by atomic mass is 10.2. The maximum absolute atomic E-state index is 11.5. The molecule has 0 radical (unpaired) electrons. The Morgan fingerprint density at radius 2 is 2.37 bits per heavy atom. The van der Waals surface area contributed by atoms with Crippen LogP contribution in [-0.4, -0.2) is 20.6 Å². The summed E-state index contributed by atoms with van der Waals surface area (Å²) >= 11 is 4.80. The van der Waals surface area contributed by atoms with Crippen LogP contribution in [0, 0.1) is 5.41 Å². The number of nitrogens with zero attached hydrogens (tertiary/aromatic N) is 2. The summed E-state index contributed by atoms with van der Waals surface area (Å²) in [5.74, 6) is 0.0162. The number of aromatic amines is 1. The molecule has 0 amide bonds. The third-order valence-corrected chi connectivity index (χ3v) is 4.47. The fraction of sp³-hybridized carbons (Fsp3) is 0.182. The Morgan fingerprint density at radius 1 is 1.63 bits per heavy atom. The van der Waals surface area contributed by atoms with Gasteiger partial charge in [0.15, 0.2) is 5.16 Å². The van der Waals surface area contributed by atoms with E-state index in [-0.39, 0.29) is 11.5 Å². The summed E-state index contributed by atoms with van der Waals surface area (Å²) in [6.07, 6.45) is 0. The molecule has 2 rings (SSSR count). The van der Waals surface area contributed by atoms with Crippen LogP contribution in [-0.2, 0) is 6.54 Å². The molecule has 1 aromatic carbocycles. The summed E-state index contributed by atoms with van der Waals surface area (Å²) in [6, 6.07) is 5.37. The van der Waals surface area contributed by atoms with Crippen LogP contribution in [0.1, 0.15) is 12.5 Å². The van der Waals surface area contributed by atoms with Gasteiger partial charge in [0.25, 0.3) is 0 Å². The van der Waals surface area contributed by atoms with Gasteiger partial charge in [0.05, 0.1) is 0 Å². The molecular weight excluding hydrogens is 330 g/mol. The van der Waals surface area contributed by atoms with E-state index in [4.69, 9.17) is 11.1 Å². The van der Waals surface area contributed by atoms with Crippen molar-refractivity contribution in [2.45, 2.75) is 23.5 Å². The lowest BCUT2D eigenvalue weighted by Gasteiger charge is -2.06. The van der Waals surface area contributed by atoms with Crippen LogP contribution in [0.25, 0.3) is 0 Å². The molecule has 0 atom stereocenters. The second kappa shape index (κ2) is 5.62. The van der Waals surface area contributed by atoms with E-state index in [2.05, 4.69) is 26.1 Å². The number of H-pyrrole nitrogens is 1. The van der Waals surface area contributed by atoms with E-state index in [1.54, 1.807) is 16.7 Å². The Morgan fingerprint density at radius 3 is 2.95 bits per heavy atom. The molecule has 0 spiro atoms. The van der Waals surface area contributed by atoms with E-state index in [0.29, 0.717) is 17.3 Å². The Balaban J connectivity index is 2.33. The Labute approximate surface area is 122 Å². The molecule has 1 heterocycles. The molecule has 0 fully saturated rings. The molecule has 0 bridgehead atoms. The fourth-order valence-electron chi connectivity index (χ4n) is 1.51. The number of nitrogens with one attached hydrogen (secondary N) is 2. The standard InChI is InChI=1S/C11H12BrN5OS/c1-2-17-10(18)15-16-11(17)19-8-4-3-6(9(13)14)5-7(8)12/h3-5H,2H2,1H3,(H3,13,14)(H,15,18). The van der Waals surface area contributed by atoms with Crippen LogP contribution in [0.4, 0.5) is 0 Å². The summed E-state index contributed by atoms with van der Waals surface area (Å²) < 4.78 is 2.36. The molecule has 2 aromatic rings. The van der Waals surface area contributed by atoms with Gasteiger partial charge in [-0.15, -0.1) is 5.10 Å². The van der Waals surface area contributed by atoms with Crippen molar-refractivity contribution < 1.29 is 0 Å². The molecule has 4 N–H and O–H groups in total. The third-order valence-electron chi connectivity index (χ3n) is 2.48. The van der Waals surface area contributed by atoms with Crippen LogP contribution in [0.2, 0.25) is 0 Å². The minimum atomic E-state index is -0.221. The maximum atomic E-state index is 11.5. The van der Waals surface area contributed by atoms with Crippen molar-refractivity contribution in [2.24, 2.45) is 5.73 Å². The van der Waals surface area contributed by atoms with Crippen molar-refractivity contribution in [3.8, 4) is 0 Å². The minimum Gasteiger partial charge on any atom is -0.384 e. The lowest BCUT2D eigenvalue weighted by molar-refractivity contribution is 0.660. The van der Waals surface area contributed by atoms with E-state index in [9.17, 15) is 4.79 Å². The highest BCUT2D eigenvalue weighted by molar-refractivity contribution is 9.10. The van der Waals surface area contributed by atoms with E-state index in [0.717, 1.165) is 9.37 Å². The Hall–Kier alpha value is -1.54. The topological polar surface area (TPSA) is 101 Å². The highest BCUT2D eigenvalue weighted by atomic mass is 79.9. The van der Waals surface area contributed by atoms with Crippen LogP contribution in [0.15, 0.2) is 37.5 Å². The zero-order valence-corrected chi connectivity index (χ0v) is 12.5. The molecule has 6 nitrogen and oxygen atoms in total. The van der Waals surface area contributed by atoms with Gasteiger partial charge in [0, 0.05) is 21.5 Å².